The molecular weight excluding hydrogens is 692 g/mol. The van der Waals surface area contributed by atoms with Gasteiger partial charge in [-0.15, -0.1) is 0 Å². The summed E-state index contributed by atoms with van der Waals surface area (Å²) >= 11 is 0. The second-order valence-electron chi connectivity index (χ2n) is 18.9. The summed E-state index contributed by atoms with van der Waals surface area (Å²) < 4.78 is 36.8. The molecule has 0 bridgehead atoms. The molecule has 23 atom stereocenters. The molecule has 8 aliphatic rings. The summed E-state index contributed by atoms with van der Waals surface area (Å²) in [5.74, 6) is 2.85. The van der Waals surface area contributed by atoms with Crippen molar-refractivity contribution in [3.05, 3.63) is 0 Å². The lowest BCUT2D eigenvalue weighted by Crippen LogP contribution is -2.65. The average molecular weight is 757 g/mol. The molecule has 0 amide bonds. The van der Waals surface area contributed by atoms with Gasteiger partial charge in [0.25, 0.3) is 0 Å². The number of aliphatic hydroxyl groups excluding tert-OH is 8. The van der Waals surface area contributed by atoms with Gasteiger partial charge >= 0.3 is 0 Å². The Morgan fingerprint density at radius 1 is 0.698 bits per heavy atom. The largest absolute Gasteiger partial charge is 0.394 e. The maximum atomic E-state index is 11.7. The molecule has 14 nitrogen and oxygen atoms in total. The van der Waals surface area contributed by atoms with Crippen LogP contribution in [0.15, 0.2) is 0 Å². The van der Waals surface area contributed by atoms with Crippen molar-refractivity contribution in [3.63, 3.8) is 0 Å². The van der Waals surface area contributed by atoms with E-state index in [2.05, 4.69) is 27.7 Å². The van der Waals surface area contributed by atoms with Crippen LogP contribution in [0.3, 0.4) is 0 Å². The lowest BCUT2D eigenvalue weighted by Gasteiger charge is -2.62. The number of hydrogen-bond donors (Lipinski definition) is 8. The summed E-state index contributed by atoms with van der Waals surface area (Å²) in [5.41, 5.74) is 0.0992. The van der Waals surface area contributed by atoms with Crippen molar-refractivity contribution in [1.29, 1.82) is 0 Å². The van der Waals surface area contributed by atoms with Gasteiger partial charge in [-0.3, -0.25) is 0 Å². The first-order valence-electron chi connectivity index (χ1n) is 20.4. The lowest BCUT2D eigenvalue weighted by atomic mass is 9.44. The molecular formula is C39H64O14. The number of ether oxygens (including phenoxy) is 6. The zero-order valence-corrected chi connectivity index (χ0v) is 31.6. The molecule has 4 aliphatic heterocycles. The highest BCUT2D eigenvalue weighted by molar-refractivity contribution is 5.16. The third-order valence-corrected chi connectivity index (χ3v) is 16.2. The van der Waals surface area contributed by atoms with Crippen molar-refractivity contribution in [3.8, 4) is 0 Å². The van der Waals surface area contributed by atoms with Gasteiger partial charge in [0.2, 0.25) is 0 Å². The maximum Gasteiger partial charge on any atom is 0.187 e. The summed E-state index contributed by atoms with van der Waals surface area (Å²) in [6, 6.07) is 0. The molecule has 304 valence electrons. The third kappa shape index (κ3) is 6.20. The molecule has 1 spiro atoms. The van der Waals surface area contributed by atoms with Crippen molar-refractivity contribution in [2.75, 3.05) is 19.8 Å². The van der Waals surface area contributed by atoms with E-state index in [1.54, 1.807) is 0 Å². The molecule has 0 aromatic carbocycles. The van der Waals surface area contributed by atoms with Gasteiger partial charge in [0.05, 0.1) is 38.1 Å². The van der Waals surface area contributed by atoms with E-state index in [4.69, 9.17) is 28.4 Å². The van der Waals surface area contributed by atoms with Gasteiger partial charge in [-0.25, -0.2) is 0 Å². The van der Waals surface area contributed by atoms with Crippen LogP contribution in [0.5, 0.6) is 0 Å². The van der Waals surface area contributed by atoms with Gasteiger partial charge in [0, 0.05) is 12.3 Å². The van der Waals surface area contributed by atoms with Crippen LogP contribution in [0.2, 0.25) is 0 Å². The molecule has 0 aromatic rings. The van der Waals surface area contributed by atoms with Crippen LogP contribution in [-0.2, 0) is 28.4 Å². The molecule has 4 heterocycles. The number of aliphatic hydroxyl groups is 8. The second kappa shape index (κ2) is 14.4. The summed E-state index contributed by atoms with van der Waals surface area (Å²) in [7, 11) is 0. The summed E-state index contributed by atoms with van der Waals surface area (Å²) in [4.78, 5) is 0. The Bertz CT molecular complexity index is 1300. The Hall–Kier alpha value is -0.560. The standard InChI is InChI=1S/C39H64O14/c1-17-7-10-39(48-16-17)18(2)28-25(53-39)12-22-20-6-5-19-11-24(23(42)13-38(19,4)21(20)8-9-37(22,28)3)49-36-33(47)34(30(44)27(15-41)51-36)52-35-32(46)31(45)29(43)26(14-40)50-35/h17-36,40-47H,5-16H2,1-4H3/t17-,18+,19+,20-,21+,22+,23-,24-,25+,26-,27-,28+,29-,30-,31+,32-,33-,34+,35+,36-,37+,38+,39-/m1/s1. The predicted molar refractivity (Wildman–Crippen MR) is 184 cm³/mol. The van der Waals surface area contributed by atoms with E-state index in [0.29, 0.717) is 48.3 Å². The van der Waals surface area contributed by atoms with Gasteiger partial charge in [-0.1, -0.05) is 27.7 Å². The maximum absolute atomic E-state index is 11.7. The van der Waals surface area contributed by atoms with E-state index >= 15 is 0 Å². The van der Waals surface area contributed by atoms with E-state index in [1.165, 1.54) is 0 Å². The molecule has 4 saturated heterocycles. The highest BCUT2D eigenvalue weighted by Crippen LogP contribution is 2.71. The van der Waals surface area contributed by atoms with Gasteiger partial charge in [-0.05, 0) is 97.7 Å². The monoisotopic (exact) mass is 756 g/mol. The quantitative estimate of drug-likeness (QED) is 0.173. The van der Waals surface area contributed by atoms with E-state index in [0.717, 1.165) is 51.6 Å². The molecule has 8 fully saturated rings. The normalized spacial score (nSPS) is 59.5. The SMILES string of the molecule is C[C@@H]1CC[C@@]2(OC1)O[C@H]1C[C@H]3[C@@H]4CC[C@H]5C[C@@H](O[C@@H]6O[C@H](CO)[C@@H](O)[C@H](O[C@@H]7O[C@H](CO)[C@@H](O)[C@H](O)[C@H]7O)[C@H]6O)[C@H](O)C[C@]5(C)[C@H]4CC[C@]3(C)[C@H]1[C@@H]2C. The molecule has 4 aliphatic carbocycles. The highest BCUT2D eigenvalue weighted by Gasteiger charge is 2.69. The summed E-state index contributed by atoms with van der Waals surface area (Å²) in [6.07, 6.45) is -8.01. The molecule has 14 heteroatoms. The molecule has 4 saturated carbocycles. The van der Waals surface area contributed by atoms with Crippen LogP contribution in [0.1, 0.15) is 85.5 Å². The van der Waals surface area contributed by atoms with Crippen LogP contribution in [0.25, 0.3) is 0 Å². The van der Waals surface area contributed by atoms with Crippen LogP contribution in [-0.4, -0.2) is 146 Å². The van der Waals surface area contributed by atoms with Crippen LogP contribution in [0.4, 0.5) is 0 Å². The fourth-order valence-electron chi connectivity index (χ4n) is 13.3. The smallest absolute Gasteiger partial charge is 0.187 e. The van der Waals surface area contributed by atoms with Gasteiger partial charge in [0.1, 0.15) is 48.8 Å². The highest BCUT2D eigenvalue weighted by atomic mass is 16.7. The fraction of sp³-hybridized carbons (Fsp3) is 1.00. The van der Waals surface area contributed by atoms with E-state index < -0.39 is 92.6 Å². The van der Waals surface area contributed by atoms with Crippen LogP contribution >= 0.6 is 0 Å². The Kier molecular flexibility index (Phi) is 10.6. The lowest BCUT2D eigenvalue weighted by molar-refractivity contribution is -0.367. The molecule has 53 heavy (non-hydrogen) atoms. The average Bonchev–Trinajstić information content (AvgIpc) is 3.58. The molecule has 0 aromatic heterocycles. The van der Waals surface area contributed by atoms with Gasteiger partial charge in [-0.2, -0.15) is 0 Å². The minimum Gasteiger partial charge on any atom is -0.394 e. The Balaban J connectivity index is 0.937. The van der Waals surface area contributed by atoms with Crippen molar-refractivity contribution < 1.29 is 69.3 Å². The summed E-state index contributed by atoms with van der Waals surface area (Å²) in [6.45, 7) is 8.96. The predicted octanol–water partition coefficient (Wildman–Crippen LogP) is 0.413. The first kappa shape index (κ1) is 39.3. The van der Waals surface area contributed by atoms with Crippen molar-refractivity contribution >= 4 is 0 Å². The molecule has 0 radical (unpaired) electrons. The van der Waals surface area contributed by atoms with Crippen LogP contribution in [0, 0.1) is 52.3 Å². The fourth-order valence-corrected chi connectivity index (χ4v) is 13.3. The Morgan fingerprint density at radius 2 is 1.40 bits per heavy atom. The topological polar surface area (TPSA) is 217 Å². The zero-order chi connectivity index (χ0) is 37.8. The number of hydrogen-bond acceptors (Lipinski definition) is 14. The van der Waals surface area contributed by atoms with Crippen molar-refractivity contribution in [2.24, 2.45) is 52.3 Å². The minimum absolute atomic E-state index is 0.0951. The first-order valence-corrected chi connectivity index (χ1v) is 20.4. The second-order valence-corrected chi connectivity index (χ2v) is 18.9. The number of rotatable bonds is 6. The zero-order valence-electron chi connectivity index (χ0n) is 31.6. The Labute approximate surface area is 312 Å². The van der Waals surface area contributed by atoms with Crippen molar-refractivity contribution in [2.45, 2.75) is 171 Å². The summed E-state index contributed by atoms with van der Waals surface area (Å²) in [5, 5.41) is 84.7. The molecule has 8 rings (SSSR count). The van der Waals surface area contributed by atoms with Crippen LogP contribution < -0.4 is 0 Å². The first-order chi connectivity index (χ1) is 25.2. The third-order valence-electron chi connectivity index (χ3n) is 16.2. The van der Waals surface area contributed by atoms with Gasteiger partial charge in [0.15, 0.2) is 18.4 Å². The minimum atomic E-state index is -1.76. The molecule has 0 unspecified atom stereocenters. The van der Waals surface area contributed by atoms with E-state index in [9.17, 15) is 40.9 Å². The van der Waals surface area contributed by atoms with Crippen molar-refractivity contribution in [1.82, 2.24) is 0 Å². The van der Waals surface area contributed by atoms with E-state index in [1.807, 2.05) is 0 Å². The Morgan fingerprint density at radius 3 is 2.08 bits per heavy atom. The molecule has 8 N–H and O–H groups in total. The number of fused-ring (bicyclic) bond motifs is 7. The van der Waals surface area contributed by atoms with Gasteiger partial charge < -0.3 is 69.3 Å². The van der Waals surface area contributed by atoms with E-state index in [-0.39, 0.29) is 22.9 Å².